The van der Waals surface area contributed by atoms with Gasteiger partial charge in [-0.1, -0.05) is 6.92 Å². The monoisotopic (exact) mass is 223 g/mol. The van der Waals surface area contributed by atoms with E-state index < -0.39 is 0 Å². The molecule has 1 aromatic rings. The van der Waals surface area contributed by atoms with E-state index in [1.165, 1.54) is 0 Å². The maximum absolute atomic E-state index is 11.7. The predicted octanol–water partition coefficient (Wildman–Crippen LogP) is 1.38. The van der Waals surface area contributed by atoms with Crippen molar-refractivity contribution in [1.82, 2.24) is 9.55 Å². The Morgan fingerprint density at radius 1 is 1.50 bits per heavy atom. The minimum absolute atomic E-state index is 0.0371. The third-order valence-corrected chi connectivity index (χ3v) is 2.81. The number of nitrogens with zero attached hydrogens (tertiary/aromatic N) is 2. The van der Waals surface area contributed by atoms with Gasteiger partial charge in [0.15, 0.2) is 0 Å². The van der Waals surface area contributed by atoms with Crippen molar-refractivity contribution in [3.05, 3.63) is 27.9 Å². The van der Waals surface area contributed by atoms with Crippen LogP contribution >= 0.6 is 0 Å². The summed E-state index contributed by atoms with van der Waals surface area (Å²) in [6.07, 6.45) is 2.87. The second-order valence-corrected chi connectivity index (χ2v) is 4.25. The molecule has 0 aromatic carbocycles. The molecule has 90 valence electrons. The lowest BCUT2D eigenvalue weighted by Gasteiger charge is -2.11. The minimum Gasteiger partial charge on any atom is -0.328 e. The molecule has 0 fully saturated rings. The van der Waals surface area contributed by atoms with Crippen molar-refractivity contribution in [2.24, 2.45) is 5.73 Å². The van der Waals surface area contributed by atoms with Crippen LogP contribution in [-0.4, -0.2) is 15.6 Å². The second kappa shape index (κ2) is 5.80. The van der Waals surface area contributed by atoms with Crippen LogP contribution in [0.25, 0.3) is 0 Å². The molecule has 1 aromatic heterocycles. The Labute approximate surface area is 96.5 Å². The lowest BCUT2D eigenvalue weighted by molar-refractivity contribution is 0.508. The highest BCUT2D eigenvalue weighted by Crippen LogP contribution is 2.01. The van der Waals surface area contributed by atoms with E-state index in [2.05, 4.69) is 11.9 Å². The van der Waals surface area contributed by atoms with Crippen LogP contribution in [0.4, 0.5) is 0 Å². The molecule has 4 heteroatoms. The van der Waals surface area contributed by atoms with Gasteiger partial charge in [-0.15, -0.1) is 0 Å². The Balaban J connectivity index is 2.64. The minimum atomic E-state index is 0.0371. The summed E-state index contributed by atoms with van der Waals surface area (Å²) in [5.41, 5.74) is 6.65. The highest BCUT2D eigenvalue weighted by Gasteiger charge is 2.04. The number of hydrogen-bond acceptors (Lipinski definition) is 3. The highest BCUT2D eigenvalue weighted by atomic mass is 16.1. The van der Waals surface area contributed by atoms with Gasteiger partial charge < -0.3 is 5.73 Å². The van der Waals surface area contributed by atoms with Crippen LogP contribution < -0.4 is 11.3 Å². The van der Waals surface area contributed by atoms with E-state index in [1.54, 1.807) is 10.6 Å². The van der Waals surface area contributed by atoms with Crippen molar-refractivity contribution < 1.29 is 0 Å². The summed E-state index contributed by atoms with van der Waals surface area (Å²) in [6.45, 7) is 6.50. The van der Waals surface area contributed by atoms with Gasteiger partial charge in [-0.25, -0.2) is 4.98 Å². The standard InChI is InChI=1S/C12H21N3O/c1-4-11(13)6-5-7-15-10(3)14-9(2)8-12(15)16/h8,11H,4-7,13H2,1-3H3. The number of rotatable bonds is 5. The molecule has 0 saturated carbocycles. The fourth-order valence-electron chi connectivity index (χ4n) is 1.75. The molecule has 2 N–H and O–H groups in total. The lowest BCUT2D eigenvalue weighted by atomic mass is 10.1. The third kappa shape index (κ3) is 3.45. The van der Waals surface area contributed by atoms with E-state index in [0.29, 0.717) is 6.54 Å². The van der Waals surface area contributed by atoms with Gasteiger partial charge in [0.05, 0.1) is 0 Å². The molecule has 1 rings (SSSR count). The molecule has 0 amide bonds. The van der Waals surface area contributed by atoms with Gasteiger partial charge in [-0.3, -0.25) is 9.36 Å². The first kappa shape index (κ1) is 12.9. The van der Waals surface area contributed by atoms with Crippen LogP contribution in [0.2, 0.25) is 0 Å². The van der Waals surface area contributed by atoms with Gasteiger partial charge in [0.1, 0.15) is 5.82 Å². The molecular formula is C12H21N3O. The average molecular weight is 223 g/mol. The molecule has 4 nitrogen and oxygen atoms in total. The Bertz CT molecular complexity index is 398. The van der Waals surface area contributed by atoms with Crippen molar-refractivity contribution in [3.8, 4) is 0 Å². The molecule has 1 unspecified atom stereocenters. The molecule has 0 spiro atoms. The Morgan fingerprint density at radius 2 is 2.19 bits per heavy atom. The fraction of sp³-hybridized carbons (Fsp3) is 0.667. The molecule has 0 saturated heterocycles. The number of aryl methyl sites for hydroxylation is 2. The summed E-state index contributed by atoms with van der Waals surface area (Å²) in [4.78, 5) is 16.0. The Hall–Kier alpha value is -1.16. The first-order valence-corrected chi connectivity index (χ1v) is 5.85. The normalized spacial score (nSPS) is 12.8. The van der Waals surface area contributed by atoms with Crippen molar-refractivity contribution in [3.63, 3.8) is 0 Å². The smallest absolute Gasteiger partial charge is 0.253 e. The maximum atomic E-state index is 11.7. The summed E-state index contributed by atoms with van der Waals surface area (Å²) < 4.78 is 1.72. The van der Waals surface area contributed by atoms with Crippen molar-refractivity contribution >= 4 is 0 Å². The predicted molar refractivity (Wildman–Crippen MR) is 65.5 cm³/mol. The van der Waals surface area contributed by atoms with E-state index in [1.807, 2.05) is 13.8 Å². The molecular weight excluding hydrogens is 202 g/mol. The zero-order valence-corrected chi connectivity index (χ0v) is 10.4. The van der Waals surface area contributed by atoms with Crippen LogP contribution in [0.5, 0.6) is 0 Å². The molecule has 0 aliphatic carbocycles. The van der Waals surface area contributed by atoms with Crippen LogP contribution in [0.15, 0.2) is 10.9 Å². The summed E-state index contributed by atoms with van der Waals surface area (Å²) in [7, 11) is 0. The first-order valence-electron chi connectivity index (χ1n) is 5.85. The van der Waals surface area contributed by atoms with E-state index >= 15 is 0 Å². The fourth-order valence-corrected chi connectivity index (χ4v) is 1.75. The number of aromatic nitrogens is 2. The highest BCUT2D eigenvalue weighted by molar-refractivity contribution is 5.01. The van der Waals surface area contributed by atoms with Crippen molar-refractivity contribution in [2.45, 2.75) is 52.6 Å². The summed E-state index contributed by atoms with van der Waals surface area (Å²) in [5, 5.41) is 0. The maximum Gasteiger partial charge on any atom is 0.253 e. The van der Waals surface area contributed by atoms with E-state index in [0.717, 1.165) is 30.8 Å². The van der Waals surface area contributed by atoms with Crippen LogP contribution in [0.1, 0.15) is 37.7 Å². The molecule has 1 heterocycles. The summed E-state index contributed by atoms with van der Waals surface area (Å²) in [6, 6.07) is 1.82. The van der Waals surface area contributed by atoms with Gasteiger partial charge in [0.25, 0.3) is 5.56 Å². The second-order valence-electron chi connectivity index (χ2n) is 4.25. The summed E-state index contributed by atoms with van der Waals surface area (Å²) in [5.74, 6) is 0.787. The number of hydrogen-bond donors (Lipinski definition) is 1. The SMILES string of the molecule is CCC(N)CCCn1c(C)nc(C)cc1=O. The van der Waals surface area contributed by atoms with Gasteiger partial charge in [-0.05, 0) is 33.1 Å². The quantitative estimate of drug-likeness (QED) is 0.820. The van der Waals surface area contributed by atoms with Crippen LogP contribution in [0, 0.1) is 13.8 Å². The average Bonchev–Trinajstić information content (AvgIpc) is 2.21. The van der Waals surface area contributed by atoms with Gasteiger partial charge >= 0.3 is 0 Å². The largest absolute Gasteiger partial charge is 0.328 e. The molecule has 0 radical (unpaired) electrons. The molecule has 1 atom stereocenters. The molecule has 0 aliphatic heterocycles. The first-order chi connectivity index (χ1) is 7.54. The van der Waals surface area contributed by atoms with Gasteiger partial charge in [0, 0.05) is 24.3 Å². The van der Waals surface area contributed by atoms with Crippen LogP contribution in [0.3, 0.4) is 0 Å². The topological polar surface area (TPSA) is 60.9 Å². The van der Waals surface area contributed by atoms with Crippen LogP contribution in [-0.2, 0) is 6.54 Å². The number of nitrogens with two attached hydrogens (primary N) is 1. The van der Waals surface area contributed by atoms with E-state index in [-0.39, 0.29) is 11.6 Å². The third-order valence-electron chi connectivity index (χ3n) is 2.81. The summed E-state index contributed by atoms with van der Waals surface area (Å²) >= 11 is 0. The van der Waals surface area contributed by atoms with Gasteiger partial charge in [0.2, 0.25) is 0 Å². The van der Waals surface area contributed by atoms with E-state index in [9.17, 15) is 4.79 Å². The van der Waals surface area contributed by atoms with Crippen molar-refractivity contribution in [2.75, 3.05) is 0 Å². The van der Waals surface area contributed by atoms with E-state index in [4.69, 9.17) is 5.73 Å². The Kier molecular flexibility index (Phi) is 4.68. The molecule has 0 aliphatic rings. The Morgan fingerprint density at radius 3 is 2.75 bits per heavy atom. The zero-order chi connectivity index (χ0) is 12.1. The van der Waals surface area contributed by atoms with Crippen molar-refractivity contribution in [1.29, 1.82) is 0 Å². The zero-order valence-electron chi connectivity index (χ0n) is 10.4. The molecule has 16 heavy (non-hydrogen) atoms. The molecule has 0 bridgehead atoms. The van der Waals surface area contributed by atoms with Gasteiger partial charge in [-0.2, -0.15) is 0 Å². The lowest BCUT2D eigenvalue weighted by Crippen LogP contribution is -2.25.